The summed E-state index contributed by atoms with van der Waals surface area (Å²) in [6.45, 7) is 2.51. The summed E-state index contributed by atoms with van der Waals surface area (Å²) in [5, 5.41) is 0.726. The Kier molecular flexibility index (Phi) is 7.66. The molecule has 2 aromatic rings. The number of halogens is 1. The Labute approximate surface area is 158 Å². The third kappa shape index (κ3) is 5.41. The largest absolute Gasteiger partial charge is 0.489 e. The van der Waals surface area contributed by atoms with Gasteiger partial charge in [-0.2, -0.15) is 0 Å². The number of benzene rings is 2. The van der Waals surface area contributed by atoms with Crippen LogP contribution in [0.2, 0.25) is 5.02 Å². The van der Waals surface area contributed by atoms with Crippen molar-refractivity contribution in [1.82, 2.24) is 0 Å². The SMILES string of the molecule is CCc1ccc(OCc2c(CCC(=O)OC)cccc2SC)cc1Cl. The summed E-state index contributed by atoms with van der Waals surface area (Å²) < 4.78 is 10.7. The topological polar surface area (TPSA) is 35.5 Å². The average Bonchev–Trinajstić information content (AvgIpc) is 2.64. The van der Waals surface area contributed by atoms with Crippen molar-refractivity contribution >= 4 is 29.3 Å². The first-order valence-electron chi connectivity index (χ1n) is 8.21. The smallest absolute Gasteiger partial charge is 0.305 e. The molecule has 0 amide bonds. The van der Waals surface area contributed by atoms with Crippen LogP contribution >= 0.6 is 23.4 Å². The van der Waals surface area contributed by atoms with E-state index < -0.39 is 0 Å². The quantitative estimate of drug-likeness (QED) is 0.460. The second kappa shape index (κ2) is 9.73. The highest BCUT2D eigenvalue weighted by Crippen LogP contribution is 2.28. The van der Waals surface area contributed by atoms with E-state index in [0.717, 1.165) is 38.8 Å². The highest BCUT2D eigenvalue weighted by atomic mass is 35.5. The van der Waals surface area contributed by atoms with Crippen molar-refractivity contribution in [3.63, 3.8) is 0 Å². The fourth-order valence-electron chi connectivity index (χ4n) is 2.60. The van der Waals surface area contributed by atoms with Gasteiger partial charge in [0.05, 0.1) is 7.11 Å². The van der Waals surface area contributed by atoms with Crippen LogP contribution in [0.25, 0.3) is 0 Å². The van der Waals surface area contributed by atoms with Crippen LogP contribution in [0.4, 0.5) is 0 Å². The Hall–Kier alpha value is -1.65. The van der Waals surface area contributed by atoms with Gasteiger partial charge in [-0.15, -0.1) is 11.8 Å². The Morgan fingerprint density at radius 2 is 2.00 bits per heavy atom. The molecule has 0 fully saturated rings. The van der Waals surface area contributed by atoms with E-state index in [-0.39, 0.29) is 5.97 Å². The first-order chi connectivity index (χ1) is 12.1. The first-order valence-corrected chi connectivity index (χ1v) is 9.82. The zero-order chi connectivity index (χ0) is 18.2. The molecule has 3 nitrogen and oxygen atoms in total. The Balaban J connectivity index is 2.16. The summed E-state index contributed by atoms with van der Waals surface area (Å²) in [6, 6.07) is 11.9. The monoisotopic (exact) mass is 378 g/mol. The maximum absolute atomic E-state index is 11.5. The molecule has 0 aliphatic rings. The van der Waals surface area contributed by atoms with Crippen molar-refractivity contribution in [2.75, 3.05) is 13.4 Å². The van der Waals surface area contributed by atoms with Crippen molar-refractivity contribution in [1.29, 1.82) is 0 Å². The molecule has 0 unspecified atom stereocenters. The van der Waals surface area contributed by atoms with Gasteiger partial charge in [0.1, 0.15) is 12.4 Å². The third-order valence-electron chi connectivity index (χ3n) is 4.06. The minimum absolute atomic E-state index is 0.205. The summed E-state index contributed by atoms with van der Waals surface area (Å²) in [6.07, 6.45) is 3.93. The molecule has 25 heavy (non-hydrogen) atoms. The summed E-state index contributed by atoms with van der Waals surface area (Å²) in [5.41, 5.74) is 3.32. The molecule has 0 N–H and O–H groups in total. The predicted octanol–water partition coefficient (Wildman–Crippen LogP) is 5.31. The van der Waals surface area contributed by atoms with Crippen LogP contribution in [-0.2, 0) is 29.0 Å². The fourth-order valence-corrected chi connectivity index (χ4v) is 3.55. The van der Waals surface area contributed by atoms with Crippen molar-refractivity contribution < 1.29 is 14.3 Å². The lowest BCUT2D eigenvalue weighted by molar-refractivity contribution is -0.140. The predicted molar refractivity (Wildman–Crippen MR) is 104 cm³/mol. The number of hydrogen-bond donors (Lipinski definition) is 0. The molecule has 2 aromatic carbocycles. The zero-order valence-electron chi connectivity index (χ0n) is 14.8. The highest BCUT2D eigenvalue weighted by Gasteiger charge is 2.11. The number of thioether (sulfide) groups is 1. The van der Waals surface area contributed by atoms with Gasteiger partial charge >= 0.3 is 5.97 Å². The molecule has 0 aliphatic carbocycles. The normalized spacial score (nSPS) is 10.6. The maximum Gasteiger partial charge on any atom is 0.305 e. The number of rotatable bonds is 8. The van der Waals surface area contributed by atoms with Crippen LogP contribution < -0.4 is 4.74 Å². The number of carbonyl (C=O) groups is 1. The molecule has 0 saturated heterocycles. The minimum atomic E-state index is -0.205. The molecule has 0 saturated carbocycles. The molecular formula is C20H23ClO3S. The van der Waals surface area contributed by atoms with Gasteiger partial charge in [-0.1, -0.05) is 36.7 Å². The average molecular weight is 379 g/mol. The second-order valence-corrected chi connectivity index (χ2v) is 6.82. The van der Waals surface area contributed by atoms with Gasteiger partial charge in [-0.25, -0.2) is 0 Å². The molecule has 2 rings (SSSR count). The number of aryl methyl sites for hydroxylation is 2. The van der Waals surface area contributed by atoms with Gasteiger partial charge in [-0.3, -0.25) is 4.79 Å². The standard InChI is InChI=1S/C20H23ClO3S/c1-4-14-8-10-16(12-18(14)21)24-13-17-15(9-11-20(22)23-2)6-5-7-19(17)25-3/h5-8,10,12H,4,9,11,13H2,1-3H3. The second-order valence-electron chi connectivity index (χ2n) is 5.57. The van der Waals surface area contributed by atoms with Crippen LogP contribution in [0.5, 0.6) is 5.75 Å². The third-order valence-corrected chi connectivity index (χ3v) is 5.24. The van der Waals surface area contributed by atoms with Gasteiger partial charge < -0.3 is 9.47 Å². The lowest BCUT2D eigenvalue weighted by atomic mass is 10.0. The number of ether oxygens (including phenoxy) is 2. The molecule has 0 aromatic heterocycles. The minimum Gasteiger partial charge on any atom is -0.489 e. The molecule has 0 aliphatic heterocycles. The van der Waals surface area contributed by atoms with E-state index in [4.69, 9.17) is 21.1 Å². The van der Waals surface area contributed by atoms with Crippen LogP contribution in [0.1, 0.15) is 30.0 Å². The number of carbonyl (C=O) groups excluding carboxylic acids is 1. The Morgan fingerprint density at radius 3 is 2.64 bits per heavy atom. The molecule has 5 heteroatoms. The van der Waals surface area contributed by atoms with Crippen LogP contribution in [0, 0.1) is 0 Å². The van der Waals surface area contributed by atoms with Crippen molar-refractivity contribution in [3.8, 4) is 5.75 Å². The molecule has 0 spiro atoms. The van der Waals surface area contributed by atoms with Gasteiger partial charge in [0.15, 0.2) is 0 Å². The van der Waals surface area contributed by atoms with E-state index in [0.29, 0.717) is 19.4 Å². The number of methoxy groups -OCH3 is 1. The van der Waals surface area contributed by atoms with Gasteiger partial charge in [0.25, 0.3) is 0 Å². The van der Waals surface area contributed by atoms with E-state index in [1.54, 1.807) is 11.8 Å². The van der Waals surface area contributed by atoms with Crippen LogP contribution in [0.3, 0.4) is 0 Å². The van der Waals surface area contributed by atoms with E-state index in [1.807, 2.05) is 36.6 Å². The van der Waals surface area contributed by atoms with Crippen molar-refractivity contribution in [2.45, 2.75) is 37.7 Å². The summed E-state index contributed by atoms with van der Waals surface area (Å²) in [5.74, 6) is 0.542. The maximum atomic E-state index is 11.5. The van der Waals surface area contributed by atoms with E-state index >= 15 is 0 Å². The molecule has 0 heterocycles. The lowest BCUT2D eigenvalue weighted by Crippen LogP contribution is -2.06. The summed E-state index contributed by atoms with van der Waals surface area (Å²) >= 11 is 7.94. The number of esters is 1. The zero-order valence-corrected chi connectivity index (χ0v) is 16.4. The molecule has 0 bridgehead atoms. The van der Waals surface area contributed by atoms with Crippen molar-refractivity contribution in [2.24, 2.45) is 0 Å². The molecular weight excluding hydrogens is 356 g/mol. The lowest BCUT2D eigenvalue weighted by Gasteiger charge is -2.15. The molecule has 134 valence electrons. The molecule has 0 radical (unpaired) electrons. The van der Waals surface area contributed by atoms with Gasteiger partial charge in [0, 0.05) is 21.9 Å². The molecule has 0 atom stereocenters. The van der Waals surface area contributed by atoms with Gasteiger partial charge in [-0.05, 0) is 48.4 Å². The van der Waals surface area contributed by atoms with Gasteiger partial charge in [0.2, 0.25) is 0 Å². The Bertz CT molecular complexity index is 731. The first kappa shape index (κ1) is 19.7. The fraction of sp³-hybridized carbons (Fsp3) is 0.350. The van der Waals surface area contributed by atoms with Crippen LogP contribution in [-0.4, -0.2) is 19.3 Å². The summed E-state index contributed by atoms with van der Waals surface area (Å²) in [4.78, 5) is 12.6. The van der Waals surface area contributed by atoms with E-state index in [2.05, 4.69) is 13.0 Å². The van der Waals surface area contributed by atoms with Crippen molar-refractivity contribution in [3.05, 3.63) is 58.1 Å². The number of hydrogen-bond acceptors (Lipinski definition) is 4. The van der Waals surface area contributed by atoms with E-state index in [9.17, 15) is 4.79 Å². The van der Waals surface area contributed by atoms with E-state index in [1.165, 1.54) is 7.11 Å². The Morgan fingerprint density at radius 1 is 1.20 bits per heavy atom. The highest BCUT2D eigenvalue weighted by molar-refractivity contribution is 7.98. The summed E-state index contributed by atoms with van der Waals surface area (Å²) in [7, 11) is 1.41. The van der Waals surface area contributed by atoms with Crippen LogP contribution in [0.15, 0.2) is 41.3 Å².